The van der Waals surface area contributed by atoms with Gasteiger partial charge in [0.05, 0.1) is 26.4 Å². The Kier molecular flexibility index (Phi) is 8.32. The Hall–Kier alpha value is -1.22. The molecule has 22 heavy (non-hydrogen) atoms. The highest BCUT2D eigenvalue weighted by molar-refractivity contribution is 14.0. The quantitative estimate of drug-likeness (QED) is 0.432. The van der Waals surface area contributed by atoms with E-state index in [0.29, 0.717) is 32.3 Å². The van der Waals surface area contributed by atoms with E-state index >= 15 is 0 Å². The molecule has 0 saturated heterocycles. The molecule has 1 unspecified atom stereocenters. The van der Waals surface area contributed by atoms with Gasteiger partial charge < -0.3 is 25.3 Å². The highest BCUT2D eigenvalue weighted by atomic mass is 127. The molecule has 124 valence electrons. The maximum Gasteiger partial charge on any atom is 0.189 e. The number of hydrogen-bond donors (Lipinski definition) is 2. The molecule has 1 aliphatic heterocycles. The molecular formula is C15H24IN3O3. The van der Waals surface area contributed by atoms with Gasteiger partial charge in [-0.3, -0.25) is 0 Å². The van der Waals surface area contributed by atoms with Crippen LogP contribution in [0.3, 0.4) is 0 Å². The fourth-order valence-electron chi connectivity index (χ4n) is 2.14. The van der Waals surface area contributed by atoms with Crippen LogP contribution in [-0.2, 0) is 11.3 Å². The van der Waals surface area contributed by atoms with E-state index in [1.54, 1.807) is 7.11 Å². The van der Waals surface area contributed by atoms with Crippen LogP contribution in [0.25, 0.3) is 0 Å². The van der Waals surface area contributed by atoms with E-state index in [2.05, 4.69) is 10.3 Å². The molecule has 6 nitrogen and oxygen atoms in total. The number of para-hydroxylation sites is 1. The zero-order valence-corrected chi connectivity index (χ0v) is 15.3. The van der Waals surface area contributed by atoms with Gasteiger partial charge >= 0.3 is 0 Å². The Morgan fingerprint density at radius 1 is 1.41 bits per heavy atom. The van der Waals surface area contributed by atoms with E-state index in [0.717, 1.165) is 23.5 Å². The lowest BCUT2D eigenvalue weighted by Crippen LogP contribution is -2.40. The zero-order valence-electron chi connectivity index (χ0n) is 13.0. The molecule has 7 heteroatoms. The van der Waals surface area contributed by atoms with Crippen LogP contribution in [-0.4, -0.2) is 38.9 Å². The van der Waals surface area contributed by atoms with Crippen LogP contribution in [0.1, 0.15) is 18.9 Å². The van der Waals surface area contributed by atoms with E-state index < -0.39 is 0 Å². The smallest absolute Gasteiger partial charge is 0.189 e. The van der Waals surface area contributed by atoms with Crippen LogP contribution in [0.2, 0.25) is 0 Å². The van der Waals surface area contributed by atoms with Gasteiger partial charge in [0.15, 0.2) is 17.5 Å². The fraction of sp³-hybridized carbons (Fsp3) is 0.533. The second kappa shape index (κ2) is 9.73. The molecule has 0 saturated carbocycles. The Balaban J connectivity index is 0.00000242. The van der Waals surface area contributed by atoms with Crippen molar-refractivity contribution in [2.75, 3.05) is 26.9 Å². The number of fused-ring (bicyclic) bond motifs is 1. The van der Waals surface area contributed by atoms with Crippen molar-refractivity contribution in [1.29, 1.82) is 0 Å². The number of nitrogens with zero attached hydrogens (tertiary/aromatic N) is 1. The molecular weight excluding hydrogens is 397 g/mol. The molecule has 2 rings (SSSR count). The average Bonchev–Trinajstić information content (AvgIpc) is 2.70. The van der Waals surface area contributed by atoms with Gasteiger partial charge in [0, 0.05) is 25.1 Å². The van der Waals surface area contributed by atoms with Crippen molar-refractivity contribution in [2.24, 2.45) is 10.7 Å². The molecule has 0 fully saturated rings. The number of nitrogens with one attached hydrogen (secondary N) is 1. The van der Waals surface area contributed by atoms with E-state index in [9.17, 15) is 0 Å². The van der Waals surface area contributed by atoms with Crippen molar-refractivity contribution in [3.63, 3.8) is 0 Å². The molecule has 0 aliphatic carbocycles. The van der Waals surface area contributed by atoms with Gasteiger partial charge in [-0.2, -0.15) is 0 Å². The summed E-state index contributed by atoms with van der Waals surface area (Å²) in [6.07, 6.45) is 0.885. The first-order valence-electron chi connectivity index (χ1n) is 7.13. The molecule has 1 aliphatic rings. The number of rotatable bonds is 5. The molecule has 1 atom stereocenters. The second-order valence-corrected chi connectivity index (χ2v) is 5.00. The van der Waals surface area contributed by atoms with Gasteiger partial charge in [-0.05, 0) is 13.0 Å². The summed E-state index contributed by atoms with van der Waals surface area (Å²) in [6, 6.07) is 5.94. The predicted octanol–water partition coefficient (Wildman–Crippen LogP) is 1.91. The van der Waals surface area contributed by atoms with Crippen LogP contribution in [0.15, 0.2) is 23.2 Å². The SMILES string of the molecule is COCC(C)NC(N)=NCc1cccc2c1OCCCO2.I. The number of aliphatic imine (C=N–C) groups is 1. The summed E-state index contributed by atoms with van der Waals surface area (Å²) in [7, 11) is 1.65. The van der Waals surface area contributed by atoms with E-state index in [1.165, 1.54) is 0 Å². The first-order chi connectivity index (χ1) is 10.2. The number of methoxy groups -OCH3 is 1. The number of benzene rings is 1. The molecule has 3 N–H and O–H groups in total. The van der Waals surface area contributed by atoms with Crippen molar-refractivity contribution < 1.29 is 14.2 Å². The van der Waals surface area contributed by atoms with E-state index in [1.807, 2.05) is 25.1 Å². The average molecular weight is 421 g/mol. The molecule has 1 heterocycles. The van der Waals surface area contributed by atoms with E-state index in [-0.39, 0.29) is 30.0 Å². The van der Waals surface area contributed by atoms with Gasteiger partial charge in [-0.15, -0.1) is 24.0 Å². The number of hydrogen-bond acceptors (Lipinski definition) is 4. The highest BCUT2D eigenvalue weighted by Crippen LogP contribution is 2.33. The van der Waals surface area contributed by atoms with Gasteiger partial charge in [0.2, 0.25) is 0 Å². The summed E-state index contributed by atoms with van der Waals surface area (Å²) in [6.45, 7) is 4.35. The summed E-state index contributed by atoms with van der Waals surface area (Å²) in [5, 5.41) is 3.07. The third-order valence-corrected chi connectivity index (χ3v) is 3.08. The molecule has 1 aromatic carbocycles. The molecule has 0 spiro atoms. The minimum absolute atomic E-state index is 0. The number of ether oxygens (including phenoxy) is 3. The first-order valence-corrected chi connectivity index (χ1v) is 7.13. The van der Waals surface area contributed by atoms with Crippen LogP contribution in [0.5, 0.6) is 11.5 Å². The molecule has 0 radical (unpaired) electrons. The second-order valence-electron chi connectivity index (χ2n) is 5.00. The summed E-state index contributed by atoms with van der Waals surface area (Å²) < 4.78 is 16.5. The van der Waals surface area contributed by atoms with Crippen molar-refractivity contribution in [1.82, 2.24) is 5.32 Å². The first kappa shape index (κ1) is 18.8. The Bertz CT molecular complexity index is 497. The molecule has 0 amide bonds. The molecule has 0 bridgehead atoms. The van der Waals surface area contributed by atoms with Gasteiger partial charge in [-0.1, -0.05) is 12.1 Å². The largest absolute Gasteiger partial charge is 0.490 e. The Morgan fingerprint density at radius 3 is 2.95 bits per heavy atom. The predicted molar refractivity (Wildman–Crippen MR) is 97.3 cm³/mol. The van der Waals surface area contributed by atoms with E-state index in [4.69, 9.17) is 19.9 Å². The van der Waals surface area contributed by atoms with Gasteiger partial charge in [-0.25, -0.2) is 4.99 Å². The number of halogens is 1. The lowest BCUT2D eigenvalue weighted by atomic mass is 10.2. The zero-order chi connectivity index (χ0) is 15.1. The maximum atomic E-state index is 5.87. The lowest BCUT2D eigenvalue weighted by molar-refractivity contribution is 0.179. The standard InChI is InChI=1S/C15H23N3O3.HI/c1-11(10-19-2)18-15(16)17-9-12-5-3-6-13-14(12)21-8-4-7-20-13;/h3,5-6,11H,4,7-10H2,1-2H3,(H3,16,17,18);1H. The van der Waals surface area contributed by atoms with Crippen LogP contribution in [0, 0.1) is 0 Å². The number of guanidine groups is 1. The normalized spacial score (nSPS) is 15.5. The lowest BCUT2D eigenvalue weighted by Gasteiger charge is -2.14. The van der Waals surface area contributed by atoms with Crippen LogP contribution >= 0.6 is 24.0 Å². The summed E-state index contributed by atoms with van der Waals surface area (Å²) >= 11 is 0. The molecule has 1 aromatic rings. The van der Waals surface area contributed by atoms with Crippen molar-refractivity contribution in [2.45, 2.75) is 25.9 Å². The third-order valence-electron chi connectivity index (χ3n) is 3.08. The van der Waals surface area contributed by atoms with Crippen molar-refractivity contribution in [3.05, 3.63) is 23.8 Å². The Labute approximate surface area is 148 Å². The fourth-order valence-corrected chi connectivity index (χ4v) is 2.14. The minimum atomic E-state index is 0. The monoisotopic (exact) mass is 421 g/mol. The van der Waals surface area contributed by atoms with Crippen LogP contribution < -0.4 is 20.5 Å². The summed E-state index contributed by atoms with van der Waals surface area (Å²) in [5.41, 5.74) is 6.84. The minimum Gasteiger partial charge on any atom is -0.490 e. The van der Waals surface area contributed by atoms with Crippen molar-refractivity contribution in [3.8, 4) is 11.5 Å². The Morgan fingerprint density at radius 2 is 2.18 bits per heavy atom. The summed E-state index contributed by atoms with van der Waals surface area (Å²) in [4.78, 5) is 4.35. The van der Waals surface area contributed by atoms with Crippen molar-refractivity contribution >= 4 is 29.9 Å². The van der Waals surface area contributed by atoms with Crippen LogP contribution in [0.4, 0.5) is 0 Å². The van der Waals surface area contributed by atoms with Gasteiger partial charge in [0.25, 0.3) is 0 Å². The summed E-state index contributed by atoms with van der Waals surface area (Å²) in [5.74, 6) is 1.95. The number of nitrogens with two attached hydrogens (primary N) is 1. The van der Waals surface area contributed by atoms with Gasteiger partial charge in [0.1, 0.15) is 0 Å². The maximum absolute atomic E-state index is 5.87. The third kappa shape index (κ3) is 5.53. The topological polar surface area (TPSA) is 78.1 Å². The highest BCUT2D eigenvalue weighted by Gasteiger charge is 2.14. The molecule has 0 aromatic heterocycles.